The van der Waals surface area contributed by atoms with Gasteiger partial charge in [0, 0.05) is 6.42 Å². The zero-order valence-electron chi connectivity index (χ0n) is 5.63. The molecule has 0 aromatic heterocycles. The summed E-state index contributed by atoms with van der Waals surface area (Å²) >= 11 is 0. The van der Waals surface area contributed by atoms with E-state index in [2.05, 4.69) is 11.6 Å². The van der Waals surface area contributed by atoms with Crippen molar-refractivity contribution in [3.8, 4) is 0 Å². The number of aliphatic imine (C=N–C) groups is 1. The first-order valence-corrected chi connectivity index (χ1v) is 3.10. The summed E-state index contributed by atoms with van der Waals surface area (Å²) in [6.07, 6.45) is 3.88. The Morgan fingerprint density at radius 2 is 2.67 bits per heavy atom. The minimum absolute atomic E-state index is 0.306. The minimum Gasteiger partial charge on any atom is -0.484 e. The van der Waals surface area contributed by atoms with Crippen LogP contribution in [0.3, 0.4) is 0 Å². The van der Waals surface area contributed by atoms with Gasteiger partial charge in [0.1, 0.15) is 0 Å². The molecule has 2 heteroatoms. The highest BCUT2D eigenvalue weighted by Crippen LogP contribution is 2.13. The molecule has 1 heterocycles. The van der Waals surface area contributed by atoms with Crippen molar-refractivity contribution in [3.05, 3.63) is 12.7 Å². The van der Waals surface area contributed by atoms with Gasteiger partial charge in [-0.1, -0.05) is 6.08 Å². The number of rotatable bonds is 1. The summed E-state index contributed by atoms with van der Waals surface area (Å²) in [6, 6.07) is 0.306. The van der Waals surface area contributed by atoms with Crippen LogP contribution in [-0.2, 0) is 4.74 Å². The van der Waals surface area contributed by atoms with Gasteiger partial charge in [0.05, 0.1) is 13.2 Å². The molecule has 0 bridgehead atoms. The summed E-state index contributed by atoms with van der Waals surface area (Å²) < 4.78 is 4.95. The lowest BCUT2D eigenvalue weighted by atomic mass is 10.2. The summed E-state index contributed by atoms with van der Waals surface area (Å²) in [4.78, 5) is 4.20. The Morgan fingerprint density at radius 1 is 1.89 bits per heavy atom. The van der Waals surface area contributed by atoms with E-state index in [9.17, 15) is 0 Å². The van der Waals surface area contributed by atoms with Crippen molar-refractivity contribution >= 4 is 5.90 Å². The molecule has 0 aromatic carbocycles. The number of methoxy groups -OCH3 is 1. The van der Waals surface area contributed by atoms with E-state index in [-0.39, 0.29) is 0 Å². The van der Waals surface area contributed by atoms with Crippen molar-refractivity contribution in [2.75, 3.05) is 7.11 Å². The van der Waals surface area contributed by atoms with Gasteiger partial charge in [-0.3, -0.25) is 0 Å². The molecule has 9 heavy (non-hydrogen) atoms. The Balaban J connectivity index is 2.49. The number of nitrogens with zero attached hydrogens (tertiary/aromatic N) is 1. The van der Waals surface area contributed by atoms with Crippen LogP contribution >= 0.6 is 0 Å². The second kappa shape index (κ2) is 2.67. The molecule has 0 radical (unpaired) electrons. The zero-order valence-corrected chi connectivity index (χ0v) is 5.63. The molecule has 1 aliphatic heterocycles. The first-order chi connectivity index (χ1) is 4.36. The predicted octanol–water partition coefficient (Wildman–Crippen LogP) is 1.38. The SMILES string of the molecule is C=C[C@@H]1CCC(OC)=N1. The molecule has 1 atom stereocenters. The highest BCUT2D eigenvalue weighted by atomic mass is 16.5. The fourth-order valence-electron chi connectivity index (χ4n) is 0.911. The van der Waals surface area contributed by atoms with Crippen molar-refractivity contribution in [1.82, 2.24) is 0 Å². The van der Waals surface area contributed by atoms with E-state index >= 15 is 0 Å². The molecule has 1 rings (SSSR count). The van der Waals surface area contributed by atoms with Gasteiger partial charge in [-0.25, -0.2) is 4.99 Å². The second-order valence-electron chi connectivity index (χ2n) is 2.07. The predicted molar refractivity (Wildman–Crippen MR) is 37.7 cm³/mol. The molecular formula is C7H11NO. The molecule has 0 aromatic rings. The van der Waals surface area contributed by atoms with E-state index in [0.717, 1.165) is 18.7 Å². The largest absolute Gasteiger partial charge is 0.484 e. The normalized spacial score (nSPS) is 25.4. The van der Waals surface area contributed by atoms with E-state index in [1.54, 1.807) is 7.11 Å². The molecule has 0 aliphatic carbocycles. The molecular weight excluding hydrogens is 114 g/mol. The molecule has 0 N–H and O–H groups in total. The van der Waals surface area contributed by atoms with E-state index in [1.165, 1.54) is 0 Å². The third-order valence-electron chi connectivity index (χ3n) is 1.47. The lowest BCUT2D eigenvalue weighted by molar-refractivity contribution is 0.395. The molecule has 2 nitrogen and oxygen atoms in total. The van der Waals surface area contributed by atoms with Crippen LogP contribution in [0.15, 0.2) is 17.6 Å². The first-order valence-electron chi connectivity index (χ1n) is 3.10. The van der Waals surface area contributed by atoms with Gasteiger partial charge in [-0.05, 0) is 6.42 Å². The van der Waals surface area contributed by atoms with Gasteiger partial charge in [0.15, 0.2) is 5.90 Å². The van der Waals surface area contributed by atoms with Crippen molar-refractivity contribution in [1.29, 1.82) is 0 Å². The summed E-state index contributed by atoms with van der Waals surface area (Å²) in [5.41, 5.74) is 0. The fraction of sp³-hybridized carbons (Fsp3) is 0.571. The molecule has 1 aliphatic rings. The maximum atomic E-state index is 4.95. The van der Waals surface area contributed by atoms with Crippen LogP contribution in [0.25, 0.3) is 0 Å². The number of hydrogen-bond donors (Lipinski definition) is 0. The van der Waals surface area contributed by atoms with Crippen LogP contribution in [0.4, 0.5) is 0 Å². The minimum atomic E-state index is 0.306. The highest BCUT2D eigenvalue weighted by Gasteiger charge is 2.13. The van der Waals surface area contributed by atoms with E-state index < -0.39 is 0 Å². The number of hydrogen-bond acceptors (Lipinski definition) is 2. The highest BCUT2D eigenvalue weighted by molar-refractivity contribution is 5.78. The van der Waals surface area contributed by atoms with Crippen molar-refractivity contribution in [2.45, 2.75) is 18.9 Å². The summed E-state index contributed by atoms with van der Waals surface area (Å²) in [5, 5.41) is 0. The van der Waals surface area contributed by atoms with Crippen LogP contribution in [0.1, 0.15) is 12.8 Å². The van der Waals surface area contributed by atoms with Gasteiger partial charge in [0.25, 0.3) is 0 Å². The molecule has 50 valence electrons. The summed E-state index contributed by atoms with van der Waals surface area (Å²) in [6.45, 7) is 3.65. The molecule has 0 amide bonds. The fourth-order valence-corrected chi connectivity index (χ4v) is 0.911. The Morgan fingerprint density at radius 3 is 3.00 bits per heavy atom. The Kier molecular flexibility index (Phi) is 1.88. The van der Waals surface area contributed by atoms with Crippen molar-refractivity contribution in [3.63, 3.8) is 0 Å². The lowest BCUT2D eigenvalue weighted by Crippen LogP contribution is -1.93. The van der Waals surface area contributed by atoms with Crippen molar-refractivity contribution in [2.24, 2.45) is 4.99 Å². The van der Waals surface area contributed by atoms with E-state index in [4.69, 9.17) is 4.74 Å². The van der Waals surface area contributed by atoms with E-state index in [0.29, 0.717) is 6.04 Å². The van der Waals surface area contributed by atoms with Crippen LogP contribution in [0.2, 0.25) is 0 Å². The maximum Gasteiger partial charge on any atom is 0.183 e. The van der Waals surface area contributed by atoms with Gasteiger partial charge < -0.3 is 4.74 Å². The average Bonchev–Trinajstić information content (AvgIpc) is 2.34. The molecule has 0 saturated heterocycles. The van der Waals surface area contributed by atoms with E-state index in [1.807, 2.05) is 6.08 Å². The third kappa shape index (κ3) is 1.31. The second-order valence-corrected chi connectivity index (χ2v) is 2.07. The molecule has 0 fully saturated rings. The van der Waals surface area contributed by atoms with Gasteiger partial charge in [-0.15, -0.1) is 6.58 Å². The van der Waals surface area contributed by atoms with Crippen LogP contribution in [0, 0.1) is 0 Å². The number of ether oxygens (including phenoxy) is 1. The Bertz CT molecular complexity index is 140. The standard InChI is InChI=1S/C7H11NO/c1-3-6-4-5-7(8-6)9-2/h3,6H,1,4-5H2,2H3/t6-/m1/s1. The summed E-state index contributed by atoms with van der Waals surface area (Å²) in [5.74, 6) is 0.861. The van der Waals surface area contributed by atoms with Gasteiger partial charge in [-0.2, -0.15) is 0 Å². The quantitative estimate of drug-likeness (QED) is 0.485. The van der Waals surface area contributed by atoms with Gasteiger partial charge in [0.2, 0.25) is 0 Å². The Hall–Kier alpha value is -0.790. The lowest BCUT2D eigenvalue weighted by Gasteiger charge is -1.93. The zero-order chi connectivity index (χ0) is 6.69. The maximum absolute atomic E-state index is 4.95. The molecule has 0 unspecified atom stereocenters. The van der Waals surface area contributed by atoms with Crippen LogP contribution in [-0.4, -0.2) is 19.0 Å². The van der Waals surface area contributed by atoms with Crippen molar-refractivity contribution < 1.29 is 4.74 Å². The first kappa shape index (κ1) is 6.33. The Labute approximate surface area is 55.2 Å². The smallest absolute Gasteiger partial charge is 0.183 e. The third-order valence-corrected chi connectivity index (χ3v) is 1.47. The monoisotopic (exact) mass is 125 g/mol. The van der Waals surface area contributed by atoms with Crippen LogP contribution < -0.4 is 0 Å². The van der Waals surface area contributed by atoms with Gasteiger partial charge >= 0.3 is 0 Å². The topological polar surface area (TPSA) is 21.6 Å². The molecule has 0 saturated carbocycles. The summed E-state index contributed by atoms with van der Waals surface area (Å²) in [7, 11) is 1.66. The van der Waals surface area contributed by atoms with Crippen LogP contribution in [0.5, 0.6) is 0 Å². The average molecular weight is 125 g/mol. The molecule has 0 spiro atoms.